The van der Waals surface area contributed by atoms with Crippen molar-refractivity contribution in [1.29, 1.82) is 0 Å². The highest BCUT2D eigenvalue weighted by Crippen LogP contribution is 2.16. The van der Waals surface area contributed by atoms with Crippen LogP contribution in [0.1, 0.15) is 13.3 Å². The number of nitrogens with zero attached hydrogens (tertiary/aromatic N) is 1. The molecule has 1 heterocycles. The van der Waals surface area contributed by atoms with E-state index in [9.17, 15) is 0 Å². The van der Waals surface area contributed by atoms with Crippen LogP contribution < -0.4 is 0 Å². The average Bonchev–Trinajstić information content (AvgIpc) is 2.20. The monoisotopic (exact) mass is 179 g/mol. The van der Waals surface area contributed by atoms with Crippen molar-refractivity contribution < 1.29 is 4.74 Å². The zero-order chi connectivity index (χ0) is 9.10. The quantitative estimate of drug-likeness (QED) is 0.606. The molecule has 0 radical (unpaired) electrons. The Morgan fingerprint density at radius 2 is 2.15 bits per heavy atom. The fourth-order valence-corrected chi connectivity index (χ4v) is 1.90. The van der Waals surface area contributed by atoms with E-state index in [1.807, 2.05) is 0 Å². The van der Waals surface area contributed by atoms with Gasteiger partial charge in [-0.1, -0.05) is 23.8 Å². The molecule has 1 fully saturated rings. The molecule has 1 aliphatic carbocycles. The van der Waals surface area contributed by atoms with Gasteiger partial charge in [0.2, 0.25) is 0 Å². The number of morpholine rings is 1. The Morgan fingerprint density at radius 3 is 2.77 bits per heavy atom. The first-order valence-electron chi connectivity index (χ1n) is 5.03. The van der Waals surface area contributed by atoms with E-state index in [1.54, 1.807) is 0 Å². The summed E-state index contributed by atoms with van der Waals surface area (Å²) in [5, 5.41) is 0. The maximum Gasteiger partial charge on any atom is 0.0594 e. The highest BCUT2D eigenvalue weighted by molar-refractivity contribution is 5.23. The van der Waals surface area contributed by atoms with Gasteiger partial charge in [-0.05, 0) is 13.3 Å². The van der Waals surface area contributed by atoms with Gasteiger partial charge in [-0.25, -0.2) is 0 Å². The Hall–Kier alpha value is -0.600. The second-order valence-corrected chi connectivity index (χ2v) is 3.76. The van der Waals surface area contributed by atoms with Gasteiger partial charge in [0, 0.05) is 19.1 Å². The molecule has 0 spiro atoms. The SMILES string of the molecule is CC1=CCC(N2CCOCC2)C=C1. The first-order chi connectivity index (χ1) is 6.36. The minimum Gasteiger partial charge on any atom is -0.379 e. The van der Waals surface area contributed by atoms with Crippen LogP contribution in [0.5, 0.6) is 0 Å². The molecule has 1 unspecified atom stereocenters. The van der Waals surface area contributed by atoms with Crippen LogP contribution in [-0.2, 0) is 4.74 Å². The highest BCUT2D eigenvalue weighted by Gasteiger charge is 2.18. The van der Waals surface area contributed by atoms with E-state index in [-0.39, 0.29) is 0 Å². The molecule has 0 saturated carbocycles. The summed E-state index contributed by atoms with van der Waals surface area (Å²) in [5.41, 5.74) is 1.39. The summed E-state index contributed by atoms with van der Waals surface area (Å²) in [6.07, 6.45) is 8.03. The maximum atomic E-state index is 5.33. The molecule has 0 N–H and O–H groups in total. The van der Waals surface area contributed by atoms with Gasteiger partial charge in [-0.2, -0.15) is 0 Å². The second-order valence-electron chi connectivity index (χ2n) is 3.76. The van der Waals surface area contributed by atoms with Crippen LogP contribution in [0.15, 0.2) is 23.8 Å². The number of hydrogen-bond acceptors (Lipinski definition) is 2. The molecule has 0 aromatic rings. The van der Waals surface area contributed by atoms with Crippen LogP contribution in [-0.4, -0.2) is 37.2 Å². The molecule has 2 nitrogen and oxygen atoms in total. The van der Waals surface area contributed by atoms with E-state index < -0.39 is 0 Å². The summed E-state index contributed by atoms with van der Waals surface area (Å²) in [6.45, 7) is 6.12. The first-order valence-corrected chi connectivity index (χ1v) is 5.03. The summed E-state index contributed by atoms with van der Waals surface area (Å²) in [5.74, 6) is 0. The lowest BCUT2D eigenvalue weighted by Gasteiger charge is -2.33. The van der Waals surface area contributed by atoms with Crippen LogP contribution in [0.3, 0.4) is 0 Å². The van der Waals surface area contributed by atoms with Crippen molar-refractivity contribution in [2.45, 2.75) is 19.4 Å². The molecule has 0 aromatic carbocycles. The third-order valence-electron chi connectivity index (χ3n) is 2.78. The van der Waals surface area contributed by atoms with Gasteiger partial charge in [0.15, 0.2) is 0 Å². The molecule has 1 saturated heterocycles. The summed E-state index contributed by atoms with van der Waals surface area (Å²) in [4.78, 5) is 2.50. The molecule has 0 bridgehead atoms. The standard InChI is InChI=1S/C11H17NO/c1-10-2-4-11(5-3-10)12-6-8-13-9-7-12/h2-4,11H,5-9H2,1H3. The summed E-state index contributed by atoms with van der Waals surface area (Å²) in [7, 11) is 0. The normalized spacial score (nSPS) is 30.2. The van der Waals surface area contributed by atoms with Gasteiger partial charge < -0.3 is 4.74 Å². The van der Waals surface area contributed by atoms with E-state index in [0.717, 1.165) is 26.3 Å². The Kier molecular flexibility index (Phi) is 2.81. The molecule has 2 heteroatoms. The summed E-state index contributed by atoms with van der Waals surface area (Å²) >= 11 is 0. The van der Waals surface area contributed by atoms with Crippen LogP contribution in [0.2, 0.25) is 0 Å². The number of ether oxygens (including phenoxy) is 1. The lowest BCUT2D eigenvalue weighted by Crippen LogP contribution is -2.42. The maximum absolute atomic E-state index is 5.33. The largest absolute Gasteiger partial charge is 0.379 e. The minimum absolute atomic E-state index is 0.618. The topological polar surface area (TPSA) is 12.5 Å². The highest BCUT2D eigenvalue weighted by atomic mass is 16.5. The van der Waals surface area contributed by atoms with Gasteiger partial charge in [0.1, 0.15) is 0 Å². The van der Waals surface area contributed by atoms with Crippen molar-refractivity contribution in [1.82, 2.24) is 4.90 Å². The van der Waals surface area contributed by atoms with Gasteiger partial charge >= 0.3 is 0 Å². The number of allylic oxidation sites excluding steroid dienone is 2. The third kappa shape index (κ3) is 2.20. The third-order valence-corrected chi connectivity index (χ3v) is 2.78. The van der Waals surface area contributed by atoms with Gasteiger partial charge in [0.05, 0.1) is 13.2 Å². The molecular formula is C11H17NO. The molecule has 2 aliphatic rings. The van der Waals surface area contributed by atoms with Crippen molar-refractivity contribution in [3.05, 3.63) is 23.8 Å². The zero-order valence-electron chi connectivity index (χ0n) is 8.20. The second kappa shape index (κ2) is 4.07. The molecule has 72 valence electrons. The van der Waals surface area contributed by atoms with Crippen molar-refractivity contribution >= 4 is 0 Å². The van der Waals surface area contributed by atoms with E-state index >= 15 is 0 Å². The molecule has 0 amide bonds. The predicted molar refractivity (Wildman–Crippen MR) is 53.7 cm³/mol. The lowest BCUT2D eigenvalue weighted by molar-refractivity contribution is 0.0259. The van der Waals surface area contributed by atoms with Crippen molar-refractivity contribution in [3.63, 3.8) is 0 Å². The summed E-state index contributed by atoms with van der Waals surface area (Å²) in [6, 6.07) is 0.618. The van der Waals surface area contributed by atoms with Crippen LogP contribution >= 0.6 is 0 Å². The van der Waals surface area contributed by atoms with Crippen LogP contribution in [0.25, 0.3) is 0 Å². The fourth-order valence-electron chi connectivity index (χ4n) is 1.90. The van der Waals surface area contributed by atoms with E-state index in [2.05, 4.69) is 30.1 Å². The van der Waals surface area contributed by atoms with E-state index in [0.29, 0.717) is 6.04 Å². The zero-order valence-corrected chi connectivity index (χ0v) is 8.20. The molecule has 0 aromatic heterocycles. The van der Waals surface area contributed by atoms with Crippen LogP contribution in [0, 0.1) is 0 Å². The Morgan fingerprint density at radius 1 is 1.38 bits per heavy atom. The van der Waals surface area contributed by atoms with Crippen LogP contribution in [0.4, 0.5) is 0 Å². The predicted octanol–water partition coefficient (Wildman–Crippen LogP) is 1.59. The van der Waals surface area contributed by atoms with Gasteiger partial charge in [0.25, 0.3) is 0 Å². The van der Waals surface area contributed by atoms with Gasteiger partial charge in [-0.3, -0.25) is 4.90 Å². The summed E-state index contributed by atoms with van der Waals surface area (Å²) < 4.78 is 5.33. The van der Waals surface area contributed by atoms with Crippen molar-refractivity contribution in [2.24, 2.45) is 0 Å². The van der Waals surface area contributed by atoms with E-state index in [1.165, 1.54) is 12.0 Å². The number of hydrogen-bond donors (Lipinski definition) is 0. The molecule has 1 atom stereocenters. The van der Waals surface area contributed by atoms with Crippen molar-refractivity contribution in [3.8, 4) is 0 Å². The fraction of sp³-hybridized carbons (Fsp3) is 0.636. The smallest absolute Gasteiger partial charge is 0.0594 e. The van der Waals surface area contributed by atoms with E-state index in [4.69, 9.17) is 4.74 Å². The Bertz CT molecular complexity index is 226. The van der Waals surface area contributed by atoms with Crippen molar-refractivity contribution in [2.75, 3.05) is 26.3 Å². The molecule has 1 aliphatic heterocycles. The number of rotatable bonds is 1. The Balaban J connectivity index is 1.91. The lowest BCUT2D eigenvalue weighted by atomic mass is 10.0. The molecule has 13 heavy (non-hydrogen) atoms. The average molecular weight is 179 g/mol. The first kappa shape index (κ1) is 8.97. The minimum atomic E-state index is 0.618. The van der Waals surface area contributed by atoms with Gasteiger partial charge in [-0.15, -0.1) is 0 Å². The molecular weight excluding hydrogens is 162 g/mol. The molecule has 2 rings (SSSR count). The Labute approximate surface area is 79.9 Å².